The average molecular weight is 275 g/mol. The number of aromatic nitrogens is 2. The van der Waals surface area contributed by atoms with Crippen molar-refractivity contribution in [1.82, 2.24) is 20.2 Å². The van der Waals surface area contributed by atoms with Crippen LogP contribution in [0.1, 0.15) is 31.5 Å². The number of carbonyl (C=O) groups is 1. The molecule has 6 nitrogen and oxygen atoms in total. The monoisotopic (exact) mass is 275 g/mol. The third kappa shape index (κ3) is 2.75. The van der Waals surface area contributed by atoms with E-state index in [4.69, 9.17) is 4.98 Å². The summed E-state index contributed by atoms with van der Waals surface area (Å²) in [6.07, 6.45) is 6.02. The Labute approximate surface area is 119 Å². The molecule has 2 fully saturated rings. The zero-order valence-corrected chi connectivity index (χ0v) is 11.9. The molecule has 0 aliphatic carbocycles. The molecule has 3 rings (SSSR count). The molecule has 108 valence electrons. The molecule has 1 unspecified atom stereocenters. The van der Waals surface area contributed by atoms with Gasteiger partial charge in [0.25, 0.3) is 0 Å². The number of piperazine rings is 1. The van der Waals surface area contributed by atoms with Crippen molar-refractivity contribution in [2.45, 2.75) is 25.8 Å². The van der Waals surface area contributed by atoms with Crippen molar-refractivity contribution in [3.8, 4) is 0 Å². The number of rotatable bonds is 2. The molecule has 20 heavy (non-hydrogen) atoms. The summed E-state index contributed by atoms with van der Waals surface area (Å²) in [5, 5.41) is 3.45. The van der Waals surface area contributed by atoms with Crippen molar-refractivity contribution in [2.75, 3.05) is 37.6 Å². The van der Waals surface area contributed by atoms with Crippen LogP contribution in [0.3, 0.4) is 0 Å². The first kappa shape index (κ1) is 13.3. The fourth-order valence-corrected chi connectivity index (χ4v) is 2.88. The van der Waals surface area contributed by atoms with Crippen molar-refractivity contribution in [3.05, 3.63) is 18.1 Å². The highest BCUT2D eigenvalue weighted by atomic mass is 16.2. The molecule has 0 aromatic carbocycles. The van der Waals surface area contributed by atoms with E-state index >= 15 is 0 Å². The fourth-order valence-electron chi connectivity index (χ4n) is 2.88. The summed E-state index contributed by atoms with van der Waals surface area (Å²) in [5.41, 5.74) is 1.04. The minimum Gasteiger partial charge on any atom is -0.352 e. The quantitative estimate of drug-likeness (QED) is 0.855. The molecule has 6 heteroatoms. The number of hydrogen-bond acceptors (Lipinski definition) is 5. The molecule has 0 saturated carbocycles. The van der Waals surface area contributed by atoms with Crippen LogP contribution in [0.2, 0.25) is 0 Å². The summed E-state index contributed by atoms with van der Waals surface area (Å²) in [4.78, 5) is 24.5. The highest BCUT2D eigenvalue weighted by molar-refractivity contribution is 5.73. The number of nitrogens with zero attached hydrogens (tertiary/aromatic N) is 4. The van der Waals surface area contributed by atoms with Crippen molar-refractivity contribution >= 4 is 11.7 Å². The number of hydrogen-bond donors (Lipinski definition) is 1. The predicted molar refractivity (Wildman–Crippen MR) is 76.5 cm³/mol. The molecule has 1 atom stereocenters. The Morgan fingerprint density at radius 3 is 2.75 bits per heavy atom. The zero-order chi connectivity index (χ0) is 13.9. The molecule has 1 aromatic heterocycles. The Morgan fingerprint density at radius 2 is 2.10 bits per heavy atom. The summed E-state index contributed by atoms with van der Waals surface area (Å²) < 4.78 is 0. The van der Waals surface area contributed by atoms with Gasteiger partial charge < -0.3 is 15.1 Å². The van der Waals surface area contributed by atoms with Crippen molar-refractivity contribution in [1.29, 1.82) is 0 Å². The summed E-state index contributed by atoms with van der Waals surface area (Å²) in [5.74, 6) is 1.08. The van der Waals surface area contributed by atoms with E-state index < -0.39 is 0 Å². The number of carbonyl (C=O) groups excluding carboxylic acids is 1. The number of anilines is 1. The predicted octanol–water partition coefficient (Wildman–Crippen LogP) is 0.570. The lowest BCUT2D eigenvalue weighted by Crippen LogP contribution is -2.48. The van der Waals surface area contributed by atoms with Gasteiger partial charge in [0.15, 0.2) is 0 Å². The summed E-state index contributed by atoms with van der Waals surface area (Å²) in [7, 11) is 0. The van der Waals surface area contributed by atoms with Gasteiger partial charge >= 0.3 is 0 Å². The van der Waals surface area contributed by atoms with E-state index in [1.54, 1.807) is 6.92 Å². The van der Waals surface area contributed by atoms with E-state index in [0.29, 0.717) is 6.04 Å². The normalized spacial score (nSPS) is 23.1. The molecule has 2 saturated heterocycles. The van der Waals surface area contributed by atoms with Gasteiger partial charge in [-0.05, 0) is 19.4 Å². The first-order valence-corrected chi connectivity index (χ1v) is 7.30. The second-order valence-corrected chi connectivity index (χ2v) is 5.44. The largest absolute Gasteiger partial charge is 0.352 e. The average Bonchev–Trinajstić information content (AvgIpc) is 3.02. The lowest BCUT2D eigenvalue weighted by Gasteiger charge is -2.34. The summed E-state index contributed by atoms with van der Waals surface area (Å²) in [6, 6.07) is 0.348. The summed E-state index contributed by atoms with van der Waals surface area (Å²) in [6.45, 7) is 5.88. The van der Waals surface area contributed by atoms with Gasteiger partial charge in [0.2, 0.25) is 5.91 Å². The van der Waals surface area contributed by atoms with Crippen LogP contribution in [0.5, 0.6) is 0 Å². The Bertz CT molecular complexity index is 478. The minimum atomic E-state index is 0.152. The van der Waals surface area contributed by atoms with Gasteiger partial charge in [0, 0.05) is 33.1 Å². The smallest absolute Gasteiger partial charge is 0.219 e. The number of nitrogens with one attached hydrogen (secondary N) is 1. The molecular weight excluding hydrogens is 254 g/mol. The fraction of sp³-hybridized carbons (Fsp3) is 0.643. The Balaban J connectivity index is 1.68. The van der Waals surface area contributed by atoms with Crippen LogP contribution in [0, 0.1) is 0 Å². The first-order chi connectivity index (χ1) is 9.74. The second kappa shape index (κ2) is 5.75. The van der Waals surface area contributed by atoms with Gasteiger partial charge in [0.1, 0.15) is 5.82 Å². The Hall–Kier alpha value is -1.69. The van der Waals surface area contributed by atoms with Crippen LogP contribution in [-0.2, 0) is 4.79 Å². The van der Waals surface area contributed by atoms with E-state index in [0.717, 1.165) is 50.7 Å². The highest BCUT2D eigenvalue weighted by Crippen LogP contribution is 2.22. The van der Waals surface area contributed by atoms with E-state index in [9.17, 15) is 4.79 Å². The maximum absolute atomic E-state index is 11.3. The maximum Gasteiger partial charge on any atom is 0.219 e. The van der Waals surface area contributed by atoms with Gasteiger partial charge in [-0.25, -0.2) is 4.98 Å². The van der Waals surface area contributed by atoms with Crippen LogP contribution in [0.25, 0.3) is 0 Å². The van der Waals surface area contributed by atoms with Crippen LogP contribution in [0.15, 0.2) is 12.4 Å². The lowest BCUT2D eigenvalue weighted by atomic mass is 10.2. The van der Waals surface area contributed by atoms with E-state index in [2.05, 4.69) is 15.2 Å². The summed E-state index contributed by atoms with van der Waals surface area (Å²) >= 11 is 0. The molecule has 0 radical (unpaired) electrons. The van der Waals surface area contributed by atoms with Crippen LogP contribution >= 0.6 is 0 Å². The Kier molecular flexibility index (Phi) is 3.82. The van der Waals surface area contributed by atoms with E-state index in [-0.39, 0.29) is 5.91 Å². The molecule has 2 aliphatic heterocycles. The van der Waals surface area contributed by atoms with Crippen LogP contribution in [0.4, 0.5) is 5.82 Å². The minimum absolute atomic E-state index is 0.152. The Morgan fingerprint density at radius 1 is 1.30 bits per heavy atom. The first-order valence-electron chi connectivity index (χ1n) is 7.30. The highest BCUT2D eigenvalue weighted by Gasteiger charge is 2.22. The van der Waals surface area contributed by atoms with E-state index in [1.807, 2.05) is 17.3 Å². The zero-order valence-electron chi connectivity index (χ0n) is 11.9. The molecule has 0 spiro atoms. The SMILES string of the molecule is CC(=O)N1CCN(c2cncc(C3CCCN3)n2)CC1. The molecular formula is C14H21N5O. The molecule has 3 heterocycles. The standard InChI is InChI=1S/C14H21N5O/c1-11(20)18-5-7-19(8-6-18)14-10-15-9-13(17-14)12-3-2-4-16-12/h9-10,12,16H,2-8H2,1H3. The van der Waals surface area contributed by atoms with Crippen molar-refractivity contribution in [3.63, 3.8) is 0 Å². The second-order valence-electron chi connectivity index (χ2n) is 5.44. The third-order valence-corrected chi connectivity index (χ3v) is 4.11. The van der Waals surface area contributed by atoms with Gasteiger partial charge in [0.05, 0.1) is 24.1 Å². The maximum atomic E-state index is 11.3. The molecule has 0 bridgehead atoms. The number of amides is 1. The van der Waals surface area contributed by atoms with Crippen molar-refractivity contribution < 1.29 is 4.79 Å². The van der Waals surface area contributed by atoms with Gasteiger partial charge in [-0.3, -0.25) is 9.78 Å². The van der Waals surface area contributed by atoms with Gasteiger partial charge in [-0.2, -0.15) is 0 Å². The van der Waals surface area contributed by atoms with Crippen molar-refractivity contribution in [2.24, 2.45) is 0 Å². The molecule has 1 N–H and O–H groups in total. The van der Waals surface area contributed by atoms with Crippen LogP contribution in [-0.4, -0.2) is 53.5 Å². The molecule has 1 aromatic rings. The van der Waals surface area contributed by atoms with Gasteiger partial charge in [-0.1, -0.05) is 0 Å². The van der Waals surface area contributed by atoms with Gasteiger partial charge in [-0.15, -0.1) is 0 Å². The van der Waals surface area contributed by atoms with Crippen LogP contribution < -0.4 is 10.2 Å². The molecule has 2 aliphatic rings. The lowest BCUT2D eigenvalue weighted by molar-refractivity contribution is -0.129. The topological polar surface area (TPSA) is 61.4 Å². The molecule has 1 amide bonds. The third-order valence-electron chi connectivity index (χ3n) is 4.11. The van der Waals surface area contributed by atoms with E-state index in [1.165, 1.54) is 6.42 Å².